The molecule has 4 nitrogen and oxygen atoms in total. The second-order valence-corrected chi connectivity index (χ2v) is 10.7. The SMILES string of the molecule is COCCOCOc1ccc(C(C)=Cc2ccc(C=O)cc2)cc1C12CC3CC(CC(C3)C1)C2. The van der Waals surface area contributed by atoms with Crippen LogP contribution in [0.5, 0.6) is 5.75 Å². The fraction of sp³-hybridized carbons (Fsp3) is 0.500. The van der Waals surface area contributed by atoms with Crippen molar-refractivity contribution < 1.29 is 19.0 Å². The van der Waals surface area contributed by atoms with E-state index >= 15 is 0 Å². The van der Waals surface area contributed by atoms with Gasteiger partial charge in [-0.2, -0.15) is 0 Å². The normalized spacial score (nSPS) is 27.7. The highest BCUT2D eigenvalue weighted by atomic mass is 16.7. The van der Waals surface area contributed by atoms with Crippen molar-refractivity contribution >= 4 is 17.9 Å². The zero-order chi connectivity index (χ0) is 23.5. The number of carbonyl (C=O) groups excluding carboxylic acids is 1. The van der Waals surface area contributed by atoms with Gasteiger partial charge in [0.1, 0.15) is 12.0 Å². The van der Waals surface area contributed by atoms with Crippen LogP contribution in [0, 0.1) is 17.8 Å². The molecule has 4 heteroatoms. The van der Waals surface area contributed by atoms with Crippen molar-refractivity contribution in [1.82, 2.24) is 0 Å². The van der Waals surface area contributed by atoms with Gasteiger partial charge in [-0.05, 0) is 97.5 Å². The number of benzene rings is 2. The summed E-state index contributed by atoms with van der Waals surface area (Å²) in [5, 5.41) is 0. The number of allylic oxidation sites excluding steroid dienone is 1. The first-order valence-electron chi connectivity index (χ1n) is 12.7. The monoisotopic (exact) mass is 460 g/mol. The summed E-state index contributed by atoms with van der Waals surface area (Å²) in [4.78, 5) is 11.0. The van der Waals surface area contributed by atoms with Gasteiger partial charge < -0.3 is 14.2 Å². The Bertz CT molecular complexity index is 1000. The van der Waals surface area contributed by atoms with E-state index in [1.165, 1.54) is 55.2 Å². The first-order chi connectivity index (χ1) is 16.6. The fourth-order valence-electron chi connectivity index (χ4n) is 7.07. The maximum absolute atomic E-state index is 11.0. The third-order valence-electron chi connectivity index (χ3n) is 8.23. The number of ether oxygens (including phenoxy) is 3. The number of rotatable bonds is 10. The Balaban J connectivity index is 1.45. The molecule has 4 fully saturated rings. The minimum absolute atomic E-state index is 0.235. The highest BCUT2D eigenvalue weighted by Crippen LogP contribution is 2.62. The molecule has 2 aromatic rings. The molecule has 0 N–H and O–H groups in total. The van der Waals surface area contributed by atoms with Gasteiger partial charge in [-0.1, -0.05) is 36.4 Å². The molecule has 0 spiro atoms. The van der Waals surface area contributed by atoms with E-state index in [4.69, 9.17) is 14.2 Å². The van der Waals surface area contributed by atoms with Crippen LogP contribution in [0.3, 0.4) is 0 Å². The Morgan fingerprint density at radius 1 is 0.941 bits per heavy atom. The maximum Gasteiger partial charge on any atom is 0.189 e. The van der Waals surface area contributed by atoms with Gasteiger partial charge in [-0.3, -0.25) is 4.79 Å². The Kier molecular flexibility index (Phi) is 6.89. The zero-order valence-electron chi connectivity index (χ0n) is 20.4. The zero-order valence-corrected chi connectivity index (χ0v) is 20.4. The van der Waals surface area contributed by atoms with Crippen LogP contribution >= 0.6 is 0 Å². The average Bonchev–Trinajstić information content (AvgIpc) is 2.83. The topological polar surface area (TPSA) is 44.8 Å². The van der Waals surface area contributed by atoms with Crippen LogP contribution in [0.15, 0.2) is 42.5 Å². The van der Waals surface area contributed by atoms with Crippen LogP contribution in [-0.4, -0.2) is 33.4 Å². The van der Waals surface area contributed by atoms with Crippen molar-refractivity contribution in [2.24, 2.45) is 17.8 Å². The molecule has 0 unspecified atom stereocenters. The van der Waals surface area contributed by atoms with Gasteiger partial charge >= 0.3 is 0 Å². The quantitative estimate of drug-likeness (QED) is 0.175. The Hall–Kier alpha value is -2.43. The van der Waals surface area contributed by atoms with E-state index in [1.807, 2.05) is 24.3 Å². The van der Waals surface area contributed by atoms with Gasteiger partial charge in [-0.15, -0.1) is 0 Å². The second kappa shape index (κ2) is 10.1. The van der Waals surface area contributed by atoms with E-state index in [2.05, 4.69) is 31.2 Å². The van der Waals surface area contributed by atoms with E-state index in [9.17, 15) is 4.79 Å². The summed E-state index contributed by atoms with van der Waals surface area (Å²) in [5.74, 6) is 3.59. The first-order valence-corrected chi connectivity index (χ1v) is 12.7. The molecule has 4 saturated carbocycles. The van der Waals surface area contributed by atoms with Gasteiger partial charge in [0.15, 0.2) is 6.79 Å². The molecule has 0 saturated heterocycles. The van der Waals surface area contributed by atoms with Gasteiger partial charge in [0.2, 0.25) is 0 Å². The lowest BCUT2D eigenvalue weighted by Gasteiger charge is -2.57. The Morgan fingerprint density at radius 2 is 1.59 bits per heavy atom. The molecular weight excluding hydrogens is 424 g/mol. The molecule has 4 aliphatic rings. The van der Waals surface area contributed by atoms with Crippen molar-refractivity contribution in [3.8, 4) is 5.75 Å². The van der Waals surface area contributed by atoms with Crippen LogP contribution < -0.4 is 4.74 Å². The lowest BCUT2D eigenvalue weighted by molar-refractivity contribution is -0.0189. The van der Waals surface area contributed by atoms with Crippen LogP contribution in [0.4, 0.5) is 0 Å². The van der Waals surface area contributed by atoms with Crippen molar-refractivity contribution in [2.45, 2.75) is 50.9 Å². The second-order valence-electron chi connectivity index (χ2n) is 10.7. The average molecular weight is 461 g/mol. The number of hydrogen-bond acceptors (Lipinski definition) is 4. The molecule has 0 aliphatic heterocycles. The van der Waals surface area contributed by atoms with Crippen molar-refractivity contribution in [3.63, 3.8) is 0 Å². The third-order valence-corrected chi connectivity index (χ3v) is 8.23. The summed E-state index contributed by atoms with van der Waals surface area (Å²) in [6, 6.07) is 14.4. The summed E-state index contributed by atoms with van der Waals surface area (Å²) in [7, 11) is 1.68. The molecular formula is C30H36O4. The summed E-state index contributed by atoms with van der Waals surface area (Å²) in [6.45, 7) is 3.52. The minimum atomic E-state index is 0.235. The van der Waals surface area contributed by atoms with Gasteiger partial charge in [-0.25, -0.2) is 0 Å². The van der Waals surface area contributed by atoms with Crippen molar-refractivity contribution in [3.05, 3.63) is 64.7 Å². The number of hydrogen-bond donors (Lipinski definition) is 0. The summed E-state index contributed by atoms with van der Waals surface area (Å²) in [5.41, 5.74) is 5.87. The number of carbonyl (C=O) groups is 1. The molecule has 0 heterocycles. The highest BCUT2D eigenvalue weighted by Gasteiger charge is 2.52. The van der Waals surface area contributed by atoms with Crippen LogP contribution in [-0.2, 0) is 14.9 Å². The summed E-state index contributed by atoms with van der Waals surface area (Å²) < 4.78 is 16.9. The smallest absolute Gasteiger partial charge is 0.189 e. The van der Waals surface area contributed by atoms with Crippen LogP contribution in [0.2, 0.25) is 0 Å². The molecule has 0 radical (unpaired) electrons. The standard InChI is InChI=1S/C30H36O4/c1-21(11-22-3-5-23(19-31)6-4-22)27-7-8-29(34-20-33-10-9-32-2)28(15-27)30-16-24-12-25(17-30)14-26(13-24)18-30/h3-8,11,15,19,24-26H,9-10,12-14,16-18,20H2,1-2H3. The van der Waals surface area contributed by atoms with E-state index < -0.39 is 0 Å². The maximum atomic E-state index is 11.0. The number of aldehydes is 1. The fourth-order valence-corrected chi connectivity index (χ4v) is 7.07. The predicted octanol–water partition coefficient (Wildman–Crippen LogP) is 6.53. The van der Waals surface area contributed by atoms with E-state index in [0.29, 0.717) is 18.8 Å². The Labute approximate surface area is 203 Å². The van der Waals surface area contributed by atoms with Gasteiger partial charge in [0.05, 0.1) is 13.2 Å². The van der Waals surface area contributed by atoms with Crippen molar-refractivity contribution in [2.75, 3.05) is 27.1 Å². The first kappa shape index (κ1) is 23.3. The number of methoxy groups -OCH3 is 1. The molecule has 4 bridgehead atoms. The molecule has 34 heavy (non-hydrogen) atoms. The molecule has 6 rings (SSSR count). The highest BCUT2D eigenvalue weighted by molar-refractivity contribution is 5.82. The Morgan fingerprint density at radius 3 is 2.21 bits per heavy atom. The third kappa shape index (κ3) is 4.85. The molecule has 0 atom stereocenters. The van der Waals surface area contributed by atoms with Crippen molar-refractivity contribution in [1.29, 1.82) is 0 Å². The minimum Gasteiger partial charge on any atom is -0.467 e. The van der Waals surface area contributed by atoms with E-state index in [0.717, 1.165) is 35.4 Å². The van der Waals surface area contributed by atoms with Gasteiger partial charge in [0.25, 0.3) is 0 Å². The van der Waals surface area contributed by atoms with E-state index in [-0.39, 0.29) is 12.2 Å². The molecule has 4 aliphatic carbocycles. The molecule has 0 amide bonds. The lowest BCUT2D eigenvalue weighted by atomic mass is 9.48. The summed E-state index contributed by atoms with van der Waals surface area (Å²) in [6.07, 6.45) is 11.2. The van der Waals surface area contributed by atoms with Crippen LogP contribution in [0.25, 0.3) is 11.6 Å². The van der Waals surface area contributed by atoms with E-state index in [1.54, 1.807) is 7.11 Å². The molecule has 180 valence electrons. The predicted molar refractivity (Wildman–Crippen MR) is 135 cm³/mol. The largest absolute Gasteiger partial charge is 0.467 e. The lowest BCUT2D eigenvalue weighted by Crippen LogP contribution is -2.48. The molecule has 0 aromatic heterocycles. The molecule has 2 aromatic carbocycles. The summed E-state index contributed by atoms with van der Waals surface area (Å²) >= 11 is 0. The van der Waals surface area contributed by atoms with Gasteiger partial charge in [0, 0.05) is 18.2 Å². The van der Waals surface area contributed by atoms with Crippen LogP contribution in [0.1, 0.15) is 72.5 Å².